The van der Waals surface area contributed by atoms with E-state index in [2.05, 4.69) is 0 Å². The summed E-state index contributed by atoms with van der Waals surface area (Å²) in [7, 11) is 0. The van der Waals surface area contributed by atoms with E-state index < -0.39 is 5.38 Å². The summed E-state index contributed by atoms with van der Waals surface area (Å²) < 4.78 is 15.6. The van der Waals surface area contributed by atoms with Gasteiger partial charge in [-0.05, 0) is 49.1 Å². The number of carbonyl (C=O) groups excluding carboxylic acids is 2. The molecule has 0 bridgehead atoms. The highest BCUT2D eigenvalue weighted by atomic mass is 35.5. The van der Waals surface area contributed by atoms with E-state index in [9.17, 15) is 14.0 Å². The number of amides is 2. The average molecular weight is 448 g/mol. The van der Waals surface area contributed by atoms with E-state index in [1.165, 1.54) is 12.1 Å². The van der Waals surface area contributed by atoms with Crippen molar-refractivity contribution in [1.29, 1.82) is 0 Å². The van der Waals surface area contributed by atoms with Crippen LogP contribution in [0.4, 0.5) is 4.39 Å². The van der Waals surface area contributed by atoms with Crippen LogP contribution in [-0.4, -0.2) is 57.2 Å². The number of fused-ring (bicyclic) bond motifs is 1. The van der Waals surface area contributed by atoms with Crippen LogP contribution in [0.3, 0.4) is 0 Å². The van der Waals surface area contributed by atoms with Gasteiger partial charge in [0.15, 0.2) is 0 Å². The van der Waals surface area contributed by atoms with Gasteiger partial charge in [0.25, 0.3) is 5.91 Å². The van der Waals surface area contributed by atoms with E-state index in [1.54, 1.807) is 34.1 Å². The zero-order valence-corrected chi connectivity index (χ0v) is 18.4. The van der Waals surface area contributed by atoms with Crippen LogP contribution in [0.25, 0.3) is 10.2 Å². The standard InChI is InChI=1S/C22H23ClFN3O2S/c1-14-12-25(7-8-26(14)20(28)15(2)23)21(29)19-11-17-6-9-30-22(17)27(19)13-16-4-3-5-18(24)10-16/h3-6,9-11,14-15H,7-8,12-13H2,1-2H3. The Kier molecular flexibility index (Phi) is 5.84. The first kappa shape index (κ1) is 20.9. The predicted molar refractivity (Wildman–Crippen MR) is 118 cm³/mol. The van der Waals surface area contributed by atoms with Gasteiger partial charge in [-0.2, -0.15) is 0 Å². The van der Waals surface area contributed by atoms with Gasteiger partial charge in [0.05, 0.1) is 0 Å². The summed E-state index contributed by atoms with van der Waals surface area (Å²) in [6, 6.07) is 10.2. The van der Waals surface area contributed by atoms with Crippen LogP contribution in [0.15, 0.2) is 41.8 Å². The highest BCUT2D eigenvalue weighted by Gasteiger charge is 2.32. The van der Waals surface area contributed by atoms with Gasteiger partial charge in [-0.25, -0.2) is 4.39 Å². The van der Waals surface area contributed by atoms with Gasteiger partial charge in [0.1, 0.15) is 21.7 Å². The topological polar surface area (TPSA) is 45.6 Å². The normalized spacial score (nSPS) is 18.1. The molecule has 0 radical (unpaired) electrons. The largest absolute Gasteiger partial charge is 0.335 e. The lowest BCUT2D eigenvalue weighted by atomic mass is 10.1. The van der Waals surface area contributed by atoms with Crippen molar-refractivity contribution in [2.75, 3.05) is 19.6 Å². The Morgan fingerprint density at radius 2 is 2.07 bits per heavy atom. The molecule has 4 rings (SSSR count). The highest BCUT2D eigenvalue weighted by Crippen LogP contribution is 2.28. The van der Waals surface area contributed by atoms with Crippen LogP contribution in [-0.2, 0) is 11.3 Å². The number of carbonyl (C=O) groups is 2. The van der Waals surface area contributed by atoms with E-state index in [1.807, 2.05) is 35.1 Å². The summed E-state index contributed by atoms with van der Waals surface area (Å²) >= 11 is 7.52. The maximum absolute atomic E-state index is 13.7. The third-order valence-electron chi connectivity index (χ3n) is 5.49. The number of halogens is 2. The highest BCUT2D eigenvalue weighted by molar-refractivity contribution is 7.16. The van der Waals surface area contributed by atoms with Crippen LogP contribution in [0.1, 0.15) is 29.9 Å². The maximum Gasteiger partial charge on any atom is 0.270 e. The number of hydrogen-bond acceptors (Lipinski definition) is 3. The lowest BCUT2D eigenvalue weighted by Crippen LogP contribution is -2.56. The van der Waals surface area contributed by atoms with E-state index in [-0.39, 0.29) is 23.7 Å². The molecular weight excluding hydrogens is 425 g/mol. The van der Waals surface area contributed by atoms with Crippen molar-refractivity contribution >= 4 is 45.0 Å². The van der Waals surface area contributed by atoms with Crippen molar-refractivity contribution in [2.24, 2.45) is 0 Å². The second kappa shape index (κ2) is 8.40. The summed E-state index contributed by atoms with van der Waals surface area (Å²) in [4.78, 5) is 30.2. The number of aromatic nitrogens is 1. The number of piperazine rings is 1. The molecule has 158 valence electrons. The minimum atomic E-state index is -0.579. The van der Waals surface area contributed by atoms with Gasteiger partial charge in [-0.15, -0.1) is 22.9 Å². The van der Waals surface area contributed by atoms with Crippen molar-refractivity contribution in [2.45, 2.75) is 31.8 Å². The van der Waals surface area contributed by atoms with Gasteiger partial charge in [0.2, 0.25) is 5.91 Å². The van der Waals surface area contributed by atoms with Crippen molar-refractivity contribution in [1.82, 2.24) is 14.4 Å². The van der Waals surface area contributed by atoms with Crippen LogP contribution in [0, 0.1) is 5.82 Å². The zero-order valence-electron chi connectivity index (χ0n) is 16.8. The first-order valence-electron chi connectivity index (χ1n) is 9.90. The third-order valence-corrected chi connectivity index (χ3v) is 6.63. The molecule has 1 aliphatic heterocycles. The summed E-state index contributed by atoms with van der Waals surface area (Å²) in [6.45, 7) is 5.38. The van der Waals surface area contributed by atoms with Gasteiger partial charge in [-0.3, -0.25) is 9.59 Å². The second-order valence-electron chi connectivity index (χ2n) is 7.67. The molecule has 8 heteroatoms. The van der Waals surface area contributed by atoms with Crippen LogP contribution in [0.2, 0.25) is 0 Å². The maximum atomic E-state index is 13.7. The lowest BCUT2D eigenvalue weighted by molar-refractivity contribution is -0.134. The lowest BCUT2D eigenvalue weighted by Gasteiger charge is -2.40. The SMILES string of the molecule is CC(Cl)C(=O)N1CCN(C(=O)c2cc3ccsc3n2Cc2cccc(F)c2)CC1C. The monoisotopic (exact) mass is 447 g/mol. The van der Waals surface area contributed by atoms with Gasteiger partial charge >= 0.3 is 0 Å². The number of hydrogen-bond donors (Lipinski definition) is 0. The Balaban J connectivity index is 1.60. The van der Waals surface area contributed by atoms with Crippen LogP contribution in [0.5, 0.6) is 0 Å². The molecule has 30 heavy (non-hydrogen) atoms. The van der Waals surface area contributed by atoms with Crippen molar-refractivity contribution in [3.8, 4) is 0 Å². The number of thiophene rings is 1. The quantitative estimate of drug-likeness (QED) is 0.563. The first-order chi connectivity index (χ1) is 14.3. The van der Waals surface area contributed by atoms with Crippen molar-refractivity contribution in [3.05, 3.63) is 58.9 Å². The molecule has 2 aromatic heterocycles. The fourth-order valence-electron chi connectivity index (χ4n) is 3.99. The second-order valence-corrected chi connectivity index (χ2v) is 9.22. The van der Waals surface area contributed by atoms with Gasteiger partial charge < -0.3 is 14.4 Å². The van der Waals surface area contributed by atoms with Gasteiger partial charge in [-0.1, -0.05) is 12.1 Å². The number of rotatable bonds is 4. The Morgan fingerprint density at radius 3 is 2.77 bits per heavy atom. The Hall–Kier alpha value is -2.38. The molecule has 1 aromatic carbocycles. The number of alkyl halides is 1. The van der Waals surface area contributed by atoms with E-state index in [0.29, 0.717) is 31.9 Å². The molecule has 1 saturated heterocycles. The minimum absolute atomic E-state index is 0.0762. The van der Waals surface area contributed by atoms with Crippen LogP contribution >= 0.6 is 22.9 Å². The molecule has 1 fully saturated rings. The molecule has 0 saturated carbocycles. The fourth-order valence-corrected chi connectivity index (χ4v) is 5.01. The molecular formula is C22H23ClFN3O2S. The molecule has 0 aliphatic carbocycles. The number of benzene rings is 1. The van der Waals surface area contributed by atoms with E-state index in [0.717, 1.165) is 15.8 Å². The molecule has 0 spiro atoms. The smallest absolute Gasteiger partial charge is 0.270 e. The molecule has 2 amide bonds. The summed E-state index contributed by atoms with van der Waals surface area (Å²) in [5.41, 5.74) is 1.38. The molecule has 3 aromatic rings. The molecule has 1 aliphatic rings. The van der Waals surface area contributed by atoms with E-state index >= 15 is 0 Å². The number of nitrogens with zero attached hydrogens (tertiary/aromatic N) is 3. The molecule has 5 nitrogen and oxygen atoms in total. The molecule has 0 N–H and O–H groups in total. The van der Waals surface area contributed by atoms with Gasteiger partial charge in [0, 0.05) is 37.6 Å². The average Bonchev–Trinajstić information content (AvgIpc) is 3.29. The fraction of sp³-hybridized carbons (Fsp3) is 0.364. The Labute approximate surface area is 183 Å². The predicted octanol–water partition coefficient (Wildman–Crippen LogP) is 4.19. The summed E-state index contributed by atoms with van der Waals surface area (Å²) in [5.74, 6) is -0.475. The molecule has 2 unspecified atom stereocenters. The molecule has 3 heterocycles. The summed E-state index contributed by atoms with van der Waals surface area (Å²) in [5, 5.41) is 2.41. The third kappa shape index (κ3) is 3.96. The minimum Gasteiger partial charge on any atom is -0.335 e. The molecule has 2 atom stereocenters. The summed E-state index contributed by atoms with van der Waals surface area (Å²) in [6.07, 6.45) is 0. The first-order valence-corrected chi connectivity index (χ1v) is 11.2. The Bertz CT molecular complexity index is 1090. The van der Waals surface area contributed by atoms with E-state index in [4.69, 9.17) is 11.6 Å². The van der Waals surface area contributed by atoms with Crippen molar-refractivity contribution in [3.63, 3.8) is 0 Å². The zero-order chi connectivity index (χ0) is 21.4. The van der Waals surface area contributed by atoms with Crippen molar-refractivity contribution < 1.29 is 14.0 Å². The van der Waals surface area contributed by atoms with Crippen LogP contribution < -0.4 is 0 Å². The Morgan fingerprint density at radius 1 is 1.27 bits per heavy atom.